The fraction of sp³-hybridized carbons (Fsp3) is 1.00. The van der Waals surface area contributed by atoms with Crippen LogP contribution in [0.1, 0.15) is 33.6 Å². The second-order valence-corrected chi connectivity index (χ2v) is 4.09. The van der Waals surface area contributed by atoms with E-state index < -0.39 is 0 Å². The van der Waals surface area contributed by atoms with Gasteiger partial charge in [-0.1, -0.05) is 20.8 Å². The Morgan fingerprint density at radius 2 is 2.00 bits per heavy atom. The summed E-state index contributed by atoms with van der Waals surface area (Å²) in [5, 5.41) is 8.79. The van der Waals surface area contributed by atoms with Gasteiger partial charge in [-0.25, -0.2) is 0 Å². The lowest BCUT2D eigenvalue weighted by Crippen LogP contribution is -2.29. The number of nitrogens with two attached hydrogens (primary N) is 1. The van der Waals surface area contributed by atoms with E-state index in [1.165, 1.54) is 0 Å². The molecule has 0 aliphatic carbocycles. The van der Waals surface area contributed by atoms with E-state index in [4.69, 9.17) is 10.8 Å². The lowest BCUT2D eigenvalue weighted by atomic mass is 9.79. The fourth-order valence-corrected chi connectivity index (χ4v) is 1.54. The van der Waals surface area contributed by atoms with Crippen molar-refractivity contribution in [2.24, 2.45) is 17.1 Å². The molecule has 11 heavy (non-hydrogen) atoms. The third kappa shape index (κ3) is 4.38. The van der Waals surface area contributed by atoms with Crippen molar-refractivity contribution in [3.63, 3.8) is 0 Å². The van der Waals surface area contributed by atoms with Crippen LogP contribution in [0.2, 0.25) is 0 Å². The number of rotatable bonds is 5. The highest BCUT2D eigenvalue weighted by Gasteiger charge is 2.22. The van der Waals surface area contributed by atoms with Crippen LogP contribution in [0.3, 0.4) is 0 Å². The molecule has 2 heteroatoms. The zero-order valence-corrected chi connectivity index (χ0v) is 7.93. The SMILES string of the molecule is CC(C)CC(C)(CN)CCO. The Bertz CT molecular complexity index is 104. The van der Waals surface area contributed by atoms with Gasteiger partial charge in [0.05, 0.1) is 0 Å². The van der Waals surface area contributed by atoms with Gasteiger partial charge in [0, 0.05) is 6.61 Å². The van der Waals surface area contributed by atoms with Crippen LogP contribution in [-0.4, -0.2) is 18.3 Å². The Morgan fingerprint density at radius 3 is 2.27 bits per heavy atom. The minimum atomic E-state index is 0.142. The minimum absolute atomic E-state index is 0.142. The van der Waals surface area contributed by atoms with E-state index in [0.29, 0.717) is 12.5 Å². The molecule has 0 heterocycles. The van der Waals surface area contributed by atoms with E-state index in [0.717, 1.165) is 12.8 Å². The van der Waals surface area contributed by atoms with Crippen LogP contribution in [0.15, 0.2) is 0 Å². The lowest BCUT2D eigenvalue weighted by Gasteiger charge is -2.28. The Kier molecular flexibility index (Phi) is 4.69. The molecule has 0 radical (unpaired) electrons. The average molecular weight is 159 g/mol. The van der Waals surface area contributed by atoms with Crippen LogP contribution in [0.5, 0.6) is 0 Å². The molecule has 0 spiro atoms. The minimum Gasteiger partial charge on any atom is -0.396 e. The Hall–Kier alpha value is -0.0800. The second-order valence-electron chi connectivity index (χ2n) is 4.09. The van der Waals surface area contributed by atoms with Gasteiger partial charge >= 0.3 is 0 Å². The molecule has 2 nitrogen and oxygen atoms in total. The summed E-state index contributed by atoms with van der Waals surface area (Å²) in [5.74, 6) is 0.662. The van der Waals surface area contributed by atoms with Crippen LogP contribution >= 0.6 is 0 Å². The molecule has 0 rings (SSSR count). The highest BCUT2D eigenvalue weighted by Crippen LogP contribution is 2.27. The van der Waals surface area contributed by atoms with Crippen LogP contribution in [0.4, 0.5) is 0 Å². The molecule has 1 unspecified atom stereocenters. The maximum absolute atomic E-state index is 8.79. The summed E-state index contributed by atoms with van der Waals surface area (Å²) in [6.45, 7) is 7.44. The van der Waals surface area contributed by atoms with Crippen molar-refractivity contribution in [1.29, 1.82) is 0 Å². The van der Waals surface area contributed by atoms with Gasteiger partial charge < -0.3 is 10.8 Å². The summed E-state index contributed by atoms with van der Waals surface area (Å²) >= 11 is 0. The summed E-state index contributed by atoms with van der Waals surface area (Å²) < 4.78 is 0. The largest absolute Gasteiger partial charge is 0.396 e. The normalized spacial score (nSPS) is 16.9. The predicted molar refractivity (Wildman–Crippen MR) is 48.3 cm³/mol. The molecule has 0 aromatic carbocycles. The van der Waals surface area contributed by atoms with Crippen LogP contribution in [0.25, 0.3) is 0 Å². The first-order valence-electron chi connectivity index (χ1n) is 4.35. The lowest BCUT2D eigenvalue weighted by molar-refractivity contribution is 0.176. The zero-order valence-electron chi connectivity index (χ0n) is 7.93. The maximum Gasteiger partial charge on any atom is 0.0436 e. The Morgan fingerprint density at radius 1 is 1.45 bits per heavy atom. The molecule has 0 bridgehead atoms. The second kappa shape index (κ2) is 4.73. The van der Waals surface area contributed by atoms with Crippen molar-refractivity contribution in [3.05, 3.63) is 0 Å². The predicted octanol–water partition coefficient (Wildman–Crippen LogP) is 1.38. The van der Waals surface area contributed by atoms with Crippen molar-refractivity contribution in [2.75, 3.05) is 13.2 Å². The van der Waals surface area contributed by atoms with Crippen molar-refractivity contribution in [3.8, 4) is 0 Å². The zero-order chi connectivity index (χ0) is 8.91. The summed E-state index contributed by atoms with van der Waals surface area (Å²) in [4.78, 5) is 0. The molecular weight excluding hydrogens is 138 g/mol. The van der Waals surface area contributed by atoms with Gasteiger partial charge in [-0.15, -0.1) is 0 Å². The average Bonchev–Trinajstić information content (AvgIpc) is 1.87. The van der Waals surface area contributed by atoms with E-state index in [9.17, 15) is 0 Å². The number of hydrogen-bond donors (Lipinski definition) is 2. The molecule has 3 N–H and O–H groups in total. The first-order chi connectivity index (χ1) is 5.04. The van der Waals surface area contributed by atoms with E-state index in [1.54, 1.807) is 0 Å². The molecule has 0 aromatic rings. The van der Waals surface area contributed by atoms with Gasteiger partial charge in [0.1, 0.15) is 0 Å². The highest BCUT2D eigenvalue weighted by molar-refractivity contribution is 4.75. The van der Waals surface area contributed by atoms with Crippen molar-refractivity contribution in [2.45, 2.75) is 33.6 Å². The molecule has 0 aliphatic heterocycles. The molecule has 0 aromatic heterocycles. The van der Waals surface area contributed by atoms with Gasteiger partial charge in [0.2, 0.25) is 0 Å². The van der Waals surface area contributed by atoms with Crippen molar-refractivity contribution in [1.82, 2.24) is 0 Å². The summed E-state index contributed by atoms with van der Waals surface area (Å²) in [6.07, 6.45) is 1.92. The molecule has 0 aliphatic rings. The van der Waals surface area contributed by atoms with Crippen LogP contribution < -0.4 is 5.73 Å². The number of aliphatic hydroxyl groups excluding tert-OH is 1. The standard InChI is InChI=1S/C9H21NO/c1-8(2)6-9(3,7-10)4-5-11/h8,11H,4-7,10H2,1-3H3. The first kappa shape index (κ1) is 10.9. The molecule has 0 saturated heterocycles. The monoisotopic (exact) mass is 159 g/mol. The molecule has 0 saturated carbocycles. The topological polar surface area (TPSA) is 46.2 Å². The van der Waals surface area contributed by atoms with Crippen LogP contribution in [-0.2, 0) is 0 Å². The Balaban J connectivity index is 3.87. The summed E-state index contributed by atoms with van der Waals surface area (Å²) in [7, 11) is 0. The first-order valence-corrected chi connectivity index (χ1v) is 4.35. The van der Waals surface area contributed by atoms with Crippen LogP contribution in [0, 0.1) is 11.3 Å². The molecule has 0 fully saturated rings. The van der Waals surface area contributed by atoms with E-state index in [-0.39, 0.29) is 12.0 Å². The van der Waals surface area contributed by atoms with E-state index in [1.807, 2.05) is 0 Å². The molecule has 68 valence electrons. The number of hydrogen-bond acceptors (Lipinski definition) is 2. The van der Waals surface area contributed by atoms with E-state index in [2.05, 4.69) is 20.8 Å². The van der Waals surface area contributed by atoms with Crippen molar-refractivity contribution < 1.29 is 5.11 Å². The fourth-order valence-electron chi connectivity index (χ4n) is 1.54. The Labute approximate surface area is 69.8 Å². The summed E-state index contributed by atoms with van der Waals surface area (Å²) in [6, 6.07) is 0. The number of aliphatic hydroxyl groups is 1. The van der Waals surface area contributed by atoms with Gasteiger partial charge in [-0.05, 0) is 30.7 Å². The van der Waals surface area contributed by atoms with Gasteiger partial charge in [0.25, 0.3) is 0 Å². The third-order valence-electron chi connectivity index (χ3n) is 2.11. The molecular formula is C9H21NO. The van der Waals surface area contributed by atoms with Crippen molar-refractivity contribution >= 4 is 0 Å². The highest BCUT2D eigenvalue weighted by atomic mass is 16.3. The van der Waals surface area contributed by atoms with Gasteiger partial charge in [-0.2, -0.15) is 0 Å². The van der Waals surface area contributed by atoms with Gasteiger partial charge in [0.15, 0.2) is 0 Å². The molecule has 1 atom stereocenters. The smallest absolute Gasteiger partial charge is 0.0436 e. The third-order valence-corrected chi connectivity index (χ3v) is 2.11. The van der Waals surface area contributed by atoms with E-state index >= 15 is 0 Å². The summed E-state index contributed by atoms with van der Waals surface area (Å²) in [5.41, 5.74) is 5.77. The van der Waals surface area contributed by atoms with Gasteiger partial charge in [-0.3, -0.25) is 0 Å². The molecule has 0 amide bonds. The maximum atomic E-state index is 8.79. The quantitative estimate of drug-likeness (QED) is 0.636.